The molecule has 6 heteroatoms. The van der Waals surface area contributed by atoms with Crippen LogP contribution in [0.25, 0.3) is 0 Å². The Labute approximate surface area is 111 Å². The molecule has 0 saturated carbocycles. The van der Waals surface area contributed by atoms with Crippen molar-refractivity contribution in [3.63, 3.8) is 0 Å². The number of aryl methyl sites for hydroxylation is 1. The molecular weight excluding hydrogens is 248 g/mol. The molecule has 0 aliphatic heterocycles. The zero-order valence-corrected chi connectivity index (χ0v) is 10.7. The molecule has 0 bridgehead atoms. The molecule has 0 radical (unpaired) electrons. The number of aliphatic hydroxyl groups is 1. The molecular formula is C13H18N2O4. The van der Waals surface area contributed by atoms with Crippen LogP contribution in [-0.2, 0) is 11.2 Å². The van der Waals surface area contributed by atoms with Crippen LogP contribution in [0.1, 0.15) is 11.1 Å². The third-order valence-corrected chi connectivity index (χ3v) is 2.52. The Balaban J connectivity index is 2.22. The fraction of sp³-hybridized carbons (Fsp3) is 0.385. The first-order valence-corrected chi connectivity index (χ1v) is 5.97. The lowest BCUT2D eigenvalue weighted by Crippen LogP contribution is -2.42. The molecule has 1 aromatic carbocycles. The van der Waals surface area contributed by atoms with Gasteiger partial charge >= 0.3 is 12.0 Å². The maximum Gasteiger partial charge on any atom is 0.334 e. The standard InChI is InChI=1S/C13H18N2O4/c1-9-3-2-4-10(7-9)5-6-14-13(19)15-8-11(16)12(17)18/h2-4,7,11,16H,5-6,8H2,1H3,(H,17,18)(H2,14,15,19). The Hall–Kier alpha value is -2.08. The van der Waals surface area contributed by atoms with Crippen molar-refractivity contribution in [2.24, 2.45) is 0 Å². The summed E-state index contributed by atoms with van der Waals surface area (Å²) in [5.41, 5.74) is 2.28. The summed E-state index contributed by atoms with van der Waals surface area (Å²) in [5.74, 6) is -1.36. The summed E-state index contributed by atoms with van der Waals surface area (Å²) in [6.45, 7) is 2.13. The number of benzene rings is 1. The highest BCUT2D eigenvalue weighted by Crippen LogP contribution is 2.03. The van der Waals surface area contributed by atoms with Crippen molar-refractivity contribution in [3.05, 3.63) is 35.4 Å². The second-order valence-electron chi connectivity index (χ2n) is 4.23. The molecule has 0 aliphatic rings. The molecule has 0 spiro atoms. The van der Waals surface area contributed by atoms with E-state index in [2.05, 4.69) is 10.6 Å². The molecule has 1 rings (SSSR count). The van der Waals surface area contributed by atoms with Gasteiger partial charge in [0.05, 0.1) is 6.54 Å². The van der Waals surface area contributed by atoms with E-state index in [0.29, 0.717) is 13.0 Å². The first-order valence-electron chi connectivity index (χ1n) is 5.97. The molecule has 0 saturated heterocycles. The number of hydrogen-bond donors (Lipinski definition) is 4. The van der Waals surface area contributed by atoms with Crippen LogP contribution >= 0.6 is 0 Å². The summed E-state index contributed by atoms with van der Waals surface area (Å²) in [6.07, 6.45) is -0.890. The van der Waals surface area contributed by atoms with Gasteiger partial charge < -0.3 is 20.8 Å². The maximum absolute atomic E-state index is 11.3. The van der Waals surface area contributed by atoms with Crippen LogP contribution in [0.2, 0.25) is 0 Å². The molecule has 0 aliphatic carbocycles. The fourth-order valence-electron chi connectivity index (χ4n) is 1.53. The second kappa shape index (κ2) is 7.38. The number of nitrogens with one attached hydrogen (secondary N) is 2. The third kappa shape index (κ3) is 5.87. The number of carboxylic acid groups (broad SMARTS) is 1. The van der Waals surface area contributed by atoms with Gasteiger partial charge in [-0.15, -0.1) is 0 Å². The smallest absolute Gasteiger partial charge is 0.334 e. The van der Waals surface area contributed by atoms with E-state index in [4.69, 9.17) is 10.2 Å². The Bertz CT molecular complexity index is 448. The van der Waals surface area contributed by atoms with Crippen LogP contribution < -0.4 is 10.6 Å². The number of carbonyl (C=O) groups is 2. The minimum atomic E-state index is -1.58. The third-order valence-electron chi connectivity index (χ3n) is 2.52. The number of hydrogen-bond acceptors (Lipinski definition) is 3. The van der Waals surface area contributed by atoms with Gasteiger partial charge in [-0.05, 0) is 18.9 Å². The molecule has 19 heavy (non-hydrogen) atoms. The zero-order valence-electron chi connectivity index (χ0n) is 10.7. The number of aliphatic hydroxyl groups excluding tert-OH is 1. The van der Waals surface area contributed by atoms with E-state index in [0.717, 1.165) is 11.1 Å². The van der Waals surface area contributed by atoms with Gasteiger partial charge in [0.25, 0.3) is 0 Å². The lowest BCUT2D eigenvalue weighted by Gasteiger charge is -2.09. The molecule has 1 atom stereocenters. The Morgan fingerprint density at radius 3 is 2.68 bits per heavy atom. The molecule has 2 amide bonds. The topological polar surface area (TPSA) is 98.7 Å². The Morgan fingerprint density at radius 2 is 2.05 bits per heavy atom. The summed E-state index contributed by atoms with van der Waals surface area (Å²) < 4.78 is 0. The van der Waals surface area contributed by atoms with E-state index in [-0.39, 0.29) is 6.54 Å². The van der Waals surface area contributed by atoms with Crippen LogP contribution in [-0.4, -0.2) is 41.4 Å². The normalized spacial score (nSPS) is 11.7. The van der Waals surface area contributed by atoms with E-state index in [1.807, 2.05) is 31.2 Å². The van der Waals surface area contributed by atoms with Gasteiger partial charge in [-0.1, -0.05) is 29.8 Å². The van der Waals surface area contributed by atoms with Gasteiger partial charge in [-0.2, -0.15) is 0 Å². The summed E-state index contributed by atoms with van der Waals surface area (Å²) >= 11 is 0. The molecule has 0 aromatic heterocycles. The Kier molecular flexibility index (Phi) is 5.81. The maximum atomic E-state index is 11.3. The molecule has 104 valence electrons. The summed E-state index contributed by atoms with van der Waals surface area (Å²) in [5, 5.41) is 22.3. The number of aliphatic carboxylic acids is 1. The fourth-order valence-corrected chi connectivity index (χ4v) is 1.53. The molecule has 1 aromatic rings. The Morgan fingerprint density at radius 1 is 1.32 bits per heavy atom. The number of carboxylic acids is 1. The lowest BCUT2D eigenvalue weighted by molar-refractivity contribution is -0.146. The van der Waals surface area contributed by atoms with Gasteiger partial charge in [0, 0.05) is 6.54 Å². The molecule has 0 heterocycles. The van der Waals surface area contributed by atoms with Crippen molar-refractivity contribution in [1.82, 2.24) is 10.6 Å². The van der Waals surface area contributed by atoms with Crippen molar-refractivity contribution in [2.45, 2.75) is 19.4 Å². The highest BCUT2D eigenvalue weighted by Gasteiger charge is 2.13. The largest absolute Gasteiger partial charge is 0.479 e. The minimum absolute atomic E-state index is 0.314. The zero-order chi connectivity index (χ0) is 14.3. The summed E-state index contributed by atoms with van der Waals surface area (Å²) in [4.78, 5) is 21.6. The van der Waals surface area contributed by atoms with E-state index >= 15 is 0 Å². The van der Waals surface area contributed by atoms with E-state index in [1.54, 1.807) is 0 Å². The van der Waals surface area contributed by atoms with Crippen LogP contribution in [0.15, 0.2) is 24.3 Å². The van der Waals surface area contributed by atoms with Crippen LogP contribution in [0.5, 0.6) is 0 Å². The number of carbonyl (C=O) groups excluding carboxylic acids is 1. The van der Waals surface area contributed by atoms with Crippen LogP contribution in [0, 0.1) is 6.92 Å². The van der Waals surface area contributed by atoms with Crippen molar-refractivity contribution in [2.75, 3.05) is 13.1 Å². The van der Waals surface area contributed by atoms with Gasteiger partial charge in [0.1, 0.15) is 0 Å². The van der Waals surface area contributed by atoms with Crippen molar-refractivity contribution < 1.29 is 19.8 Å². The number of urea groups is 1. The number of amides is 2. The first-order chi connectivity index (χ1) is 8.99. The average Bonchev–Trinajstić information content (AvgIpc) is 2.36. The average molecular weight is 266 g/mol. The second-order valence-corrected chi connectivity index (χ2v) is 4.23. The van der Waals surface area contributed by atoms with Crippen LogP contribution in [0.4, 0.5) is 4.79 Å². The predicted molar refractivity (Wildman–Crippen MR) is 69.9 cm³/mol. The summed E-state index contributed by atoms with van der Waals surface area (Å²) in [7, 11) is 0. The van der Waals surface area contributed by atoms with Crippen molar-refractivity contribution in [3.8, 4) is 0 Å². The van der Waals surface area contributed by atoms with Gasteiger partial charge in [-0.3, -0.25) is 0 Å². The summed E-state index contributed by atoms with van der Waals surface area (Å²) in [6, 6.07) is 7.47. The van der Waals surface area contributed by atoms with Crippen molar-refractivity contribution >= 4 is 12.0 Å². The van der Waals surface area contributed by atoms with Crippen LogP contribution in [0.3, 0.4) is 0 Å². The van der Waals surface area contributed by atoms with Crippen molar-refractivity contribution in [1.29, 1.82) is 0 Å². The lowest BCUT2D eigenvalue weighted by atomic mass is 10.1. The quantitative estimate of drug-likeness (QED) is 0.594. The first kappa shape index (κ1) is 15.0. The van der Waals surface area contributed by atoms with Gasteiger partial charge in [-0.25, -0.2) is 9.59 Å². The SMILES string of the molecule is Cc1cccc(CCNC(=O)NCC(O)C(=O)O)c1. The highest BCUT2D eigenvalue weighted by molar-refractivity contribution is 5.76. The van der Waals surface area contributed by atoms with Gasteiger partial charge in [0.2, 0.25) is 0 Å². The molecule has 4 N–H and O–H groups in total. The minimum Gasteiger partial charge on any atom is -0.479 e. The van der Waals surface area contributed by atoms with Gasteiger partial charge in [0.15, 0.2) is 6.10 Å². The molecule has 0 fully saturated rings. The molecule has 1 unspecified atom stereocenters. The predicted octanol–water partition coefficient (Wildman–Crippen LogP) is 0.282. The van der Waals surface area contributed by atoms with E-state index < -0.39 is 18.1 Å². The highest BCUT2D eigenvalue weighted by atomic mass is 16.4. The monoisotopic (exact) mass is 266 g/mol. The van der Waals surface area contributed by atoms with E-state index in [9.17, 15) is 9.59 Å². The van der Waals surface area contributed by atoms with E-state index in [1.165, 1.54) is 0 Å². The molecule has 6 nitrogen and oxygen atoms in total. The number of rotatable bonds is 6.